The maximum atomic E-state index is 11.0. The Morgan fingerprint density at radius 2 is 2.31 bits per heavy atom. The van der Waals surface area contributed by atoms with Gasteiger partial charge in [-0.05, 0) is 18.6 Å². The Bertz CT molecular complexity index is 361. The molecule has 0 heterocycles. The number of methoxy groups -OCH3 is 1. The van der Waals surface area contributed by atoms with Gasteiger partial charge in [0, 0.05) is 22.5 Å². The van der Waals surface area contributed by atoms with Crippen molar-refractivity contribution in [3.05, 3.63) is 28.2 Å². The van der Waals surface area contributed by atoms with E-state index in [4.69, 9.17) is 5.73 Å². The van der Waals surface area contributed by atoms with Crippen molar-refractivity contribution in [2.75, 3.05) is 7.11 Å². The third-order valence-electron chi connectivity index (χ3n) is 2.29. The first kappa shape index (κ1) is 13.0. The molecule has 0 saturated carbocycles. The molecule has 0 amide bonds. The molecule has 1 rings (SSSR count). The van der Waals surface area contributed by atoms with Crippen LogP contribution in [0.25, 0.3) is 0 Å². The summed E-state index contributed by atoms with van der Waals surface area (Å²) in [5.41, 5.74) is 6.52. The SMILES string of the molecule is COC(=O)CCC(N)c1c(O)cccc1Br. The number of nitrogens with two attached hydrogens (primary N) is 1. The van der Waals surface area contributed by atoms with Crippen LogP contribution in [-0.4, -0.2) is 18.2 Å². The second kappa shape index (κ2) is 5.86. The second-order valence-corrected chi connectivity index (χ2v) is 4.25. The summed E-state index contributed by atoms with van der Waals surface area (Å²) in [6.07, 6.45) is 0.668. The van der Waals surface area contributed by atoms with Gasteiger partial charge in [-0.25, -0.2) is 0 Å². The van der Waals surface area contributed by atoms with Crippen molar-refractivity contribution in [1.29, 1.82) is 0 Å². The fourth-order valence-corrected chi connectivity index (χ4v) is 2.06. The van der Waals surface area contributed by atoms with Crippen molar-refractivity contribution in [2.45, 2.75) is 18.9 Å². The maximum Gasteiger partial charge on any atom is 0.305 e. The van der Waals surface area contributed by atoms with Gasteiger partial charge in [0.2, 0.25) is 0 Å². The van der Waals surface area contributed by atoms with Gasteiger partial charge >= 0.3 is 5.97 Å². The topological polar surface area (TPSA) is 72.5 Å². The summed E-state index contributed by atoms with van der Waals surface area (Å²) in [4.78, 5) is 11.0. The molecule has 0 spiro atoms. The van der Waals surface area contributed by atoms with Crippen LogP contribution in [0.4, 0.5) is 0 Å². The molecule has 0 aliphatic heterocycles. The van der Waals surface area contributed by atoms with Crippen LogP contribution in [0.15, 0.2) is 22.7 Å². The van der Waals surface area contributed by atoms with Crippen LogP contribution in [-0.2, 0) is 9.53 Å². The number of carbonyl (C=O) groups excluding carboxylic acids is 1. The number of carbonyl (C=O) groups is 1. The molecule has 3 N–H and O–H groups in total. The van der Waals surface area contributed by atoms with Crippen LogP contribution in [0.5, 0.6) is 5.75 Å². The van der Waals surface area contributed by atoms with Gasteiger partial charge in [-0.15, -0.1) is 0 Å². The van der Waals surface area contributed by atoms with Crippen LogP contribution < -0.4 is 5.73 Å². The van der Waals surface area contributed by atoms with E-state index in [1.807, 2.05) is 0 Å². The first-order valence-corrected chi connectivity index (χ1v) is 5.65. The largest absolute Gasteiger partial charge is 0.508 e. The van der Waals surface area contributed by atoms with Crippen molar-refractivity contribution in [3.63, 3.8) is 0 Å². The number of esters is 1. The number of phenols is 1. The molecule has 1 aromatic carbocycles. The molecule has 1 atom stereocenters. The quantitative estimate of drug-likeness (QED) is 0.832. The van der Waals surface area contributed by atoms with Gasteiger partial charge in [0.15, 0.2) is 0 Å². The molecule has 0 saturated heterocycles. The molecule has 16 heavy (non-hydrogen) atoms. The summed E-state index contributed by atoms with van der Waals surface area (Å²) in [5, 5.41) is 9.66. The Morgan fingerprint density at radius 3 is 2.88 bits per heavy atom. The van der Waals surface area contributed by atoms with Gasteiger partial charge in [-0.2, -0.15) is 0 Å². The van der Waals surface area contributed by atoms with E-state index < -0.39 is 6.04 Å². The predicted octanol–water partition coefficient (Wildman–Crippen LogP) is 2.11. The minimum atomic E-state index is -0.394. The molecule has 4 nitrogen and oxygen atoms in total. The zero-order chi connectivity index (χ0) is 12.1. The number of benzene rings is 1. The summed E-state index contributed by atoms with van der Waals surface area (Å²) in [5.74, 6) is -0.172. The number of rotatable bonds is 4. The number of aromatic hydroxyl groups is 1. The van der Waals surface area contributed by atoms with Crippen LogP contribution in [0.3, 0.4) is 0 Å². The van der Waals surface area contributed by atoms with E-state index in [2.05, 4.69) is 20.7 Å². The van der Waals surface area contributed by atoms with Crippen molar-refractivity contribution in [1.82, 2.24) is 0 Å². The van der Waals surface area contributed by atoms with Crippen LogP contribution in [0.1, 0.15) is 24.4 Å². The Balaban J connectivity index is 2.73. The molecule has 0 radical (unpaired) electrons. The highest BCUT2D eigenvalue weighted by atomic mass is 79.9. The Morgan fingerprint density at radius 1 is 1.62 bits per heavy atom. The molecular formula is C11H14BrNO3. The molecule has 0 aliphatic rings. The second-order valence-electron chi connectivity index (χ2n) is 3.39. The van der Waals surface area contributed by atoms with Crippen LogP contribution >= 0.6 is 15.9 Å². The Labute approximate surface area is 103 Å². The lowest BCUT2D eigenvalue weighted by Crippen LogP contribution is -2.13. The number of halogens is 1. The summed E-state index contributed by atoms with van der Waals surface area (Å²) >= 11 is 3.32. The van der Waals surface area contributed by atoms with E-state index in [1.54, 1.807) is 18.2 Å². The molecular weight excluding hydrogens is 274 g/mol. The minimum Gasteiger partial charge on any atom is -0.508 e. The van der Waals surface area contributed by atoms with E-state index in [9.17, 15) is 9.90 Å². The molecule has 5 heteroatoms. The summed E-state index contributed by atoms with van der Waals surface area (Å²) in [6, 6.07) is 4.69. The number of hydrogen-bond acceptors (Lipinski definition) is 4. The fraction of sp³-hybridized carbons (Fsp3) is 0.364. The highest BCUT2D eigenvalue weighted by molar-refractivity contribution is 9.10. The standard InChI is InChI=1S/C11H14BrNO3/c1-16-10(15)6-5-8(13)11-7(12)3-2-4-9(11)14/h2-4,8,14H,5-6,13H2,1H3. The molecule has 0 aliphatic carbocycles. The zero-order valence-corrected chi connectivity index (χ0v) is 10.5. The van der Waals surface area contributed by atoms with E-state index in [-0.39, 0.29) is 18.1 Å². The van der Waals surface area contributed by atoms with Gasteiger partial charge in [0.05, 0.1) is 7.11 Å². The van der Waals surface area contributed by atoms with Crippen molar-refractivity contribution >= 4 is 21.9 Å². The summed E-state index contributed by atoms with van der Waals surface area (Å²) < 4.78 is 5.27. The first-order valence-electron chi connectivity index (χ1n) is 4.86. The number of ether oxygens (including phenoxy) is 1. The molecule has 0 bridgehead atoms. The van der Waals surface area contributed by atoms with Gasteiger partial charge in [0.1, 0.15) is 5.75 Å². The van der Waals surface area contributed by atoms with E-state index in [0.717, 1.165) is 4.47 Å². The zero-order valence-electron chi connectivity index (χ0n) is 8.94. The van der Waals surface area contributed by atoms with Gasteiger partial charge < -0.3 is 15.6 Å². The van der Waals surface area contributed by atoms with E-state index >= 15 is 0 Å². The molecule has 1 unspecified atom stereocenters. The Hall–Kier alpha value is -1.07. The number of hydrogen-bond donors (Lipinski definition) is 2. The maximum absolute atomic E-state index is 11.0. The smallest absolute Gasteiger partial charge is 0.305 e. The van der Waals surface area contributed by atoms with Crippen molar-refractivity contribution in [3.8, 4) is 5.75 Å². The minimum absolute atomic E-state index is 0.131. The highest BCUT2D eigenvalue weighted by Crippen LogP contribution is 2.32. The number of phenolic OH excluding ortho intramolecular Hbond substituents is 1. The third kappa shape index (κ3) is 3.21. The highest BCUT2D eigenvalue weighted by Gasteiger charge is 2.15. The average molecular weight is 288 g/mol. The third-order valence-corrected chi connectivity index (χ3v) is 2.98. The van der Waals surface area contributed by atoms with Crippen molar-refractivity contribution < 1.29 is 14.6 Å². The van der Waals surface area contributed by atoms with Gasteiger partial charge in [0.25, 0.3) is 0 Å². The van der Waals surface area contributed by atoms with Crippen LogP contribution in [0, 0.1) is 0 Å². The normalized spacial score (nSPS) is 12.2. The summed E-state index contributed by atoms with van der Waals surface area (Å²) in [7, 11) is 1.34. The molecule has 88 valence electrons. The monoisotopic (exact) mass is 287 g/mol. The van der Waals surface area contributed by atoms with Crippen molar-refractivity contribution in [2.24, 2.45) is 5.73 Å². The van der Waals surface area contributed by atoms with Gasteiger partial charge in [-0.1, -0.05) is 22.0 Å². The lowest BCUT2D eigenvalue weighted by molar-refractivity contribution is -0.140. The first-order chi connectivity index (χ1) is 7.56. The van der Waals surface area contributed by atoms with E-state index in [1.165, 1.54) is 7.11 Å². The van der Waals surface area contributed by atoms with Crippen LogP contribution in [0.2, 0.25) is 0 Å². The molecule has 1 aromatic rings. The molecule has 0 fully saturated rings. The van der Waals surface area contributed by atoms with Gasteiger partial charge in [-0.3, -0.25) is 4.79 Å². The lowest BCUT2D eigenvalue weighted by atomic mass is 10.0. The summed E-state index contributed by atoms with van der Waals surface area (Å²) in [6.45, 7) is 0. The van der Waals surface area contributed by atoms with E-state index in [0.29, 0.717) is 12.0 Å². The predicted molar refractivity (Wildman–Crippen MR) is 64.0 cm³/mol. The fourth-order valence-electron chi connectivity index (χ4n) is 1.41. The molecule has 0 aromatic heterocycles. The lowest BCUT2D eigenvalue weighted by Gasteiger charge is -2.14. The Kier molecular flexibility index (Phi) is 4.76. The average Bonchev–Trinajstić information content (AvgIpc) is 2.25.